The summed E-state index contributed by atoms with van der Waals surface area (Å²) in [6.07, 6.45) is 1.15. The molecule has 0 aliphatic rings. The van der Waals surface area contributed by atoms with Crippen molar-refractivity contribution in [1.29, 1.82) is 5.26 Å². The Morgan fingerprint density at radius 1 is 1.21 bits per heavy atom. The second-order valence-electron chi connectivity index (χ2n) is 5.23. The lowest BCUT2D eigenvalue weighted by molar-refractivity contribution is -0.383. The van der Waals surface area contributed by atoms with E-state index in [1.165, 1.54) is 50.6 Å². The highest BCUT2D eigenvalue weighted by molar-refractivity contribution is 6.32. The van der Waals surface area contributed by atoms with Gasteiger partial charge in [-0.05, 0) is 6.07 Å². The van der Waals surface area contributed by atoms with Crippen LogP contribution in [0.2, 0.25) is 5.02 Å². The zero-order valence-corrected chi connectivity index (χ0v) is 15.6. The van der Waals surface area contributed by atoms with Crippen LogP contribution in [0.4, 0.5) is 17.1 Å². The number of para-hydroxylation sites is 2. The van der Waals surface area contributed by atoms with Gasteiger partial charge in [-0.15, -0.1) is 0 Å². The number of benzene rings is 2. The maximum Gasteiger partial charge on any atom is 0.292 e. The Bertz CT molecular complexity index is 984. The fourth-order valence-electron chi connectivity index (χ4n) is 2.20. The van der Waals surface area contributed by atoms with E-state index in [2.05, 4.69) is 10.6 Å². The Hall–Kier alpha value is -3.77. The standard InChI is InChI=1S/C18H15ClN4O5/c1-27-16-8-14(17(28-2)7-12(16)19)21-10-11(9-20)18(24)22-13-5-3-4-6-15(13)23(25)26/h3-8,10,21H,1-2H3,(H,22,24)/b11-10-. The molecule has 0 saturated heterocycles. The summed E-state index contributed by atoms with van der Waals surface area (Å²) in [5, 5.41) is 25.8. The molecule has 2 N–H and O–H groups in total. The lowest BCUT2D eigenvalue weighted by atomic mass is 10.2. The molecule has 2 aromatic carbocycles. The van der Waals surface area contributed by atoms with Gasteiger partial charge in [0.1, 0.15) is 28.8 Å². The van der Waals surface area contributed by atoms with Gasteiger partial charge < -0.3 is 20.1 Å². The molecule has 0 heterocycles. The SMILES string of the molecule is COc1cc(N/C=C(/C#N)C(=O)Nc2ccccc2[N+](=O)[O-])c(OC)cc1Cl. The molecule has 0 radical (unpaired) electrons. The smallest absolute Gasteiger partial charge is 0.292 e. The Balaban J connectivity index is 2.27. The Morgan fingerprint density at radius 3 is 2.50 bits per heavy atom. The summed E-state index contributed by atoms with van der Waals surface area (Å²) >= 11 is 6.03. The maximum atomic E-state index is 12.3. The number of nitrogens with one attached hydrogen (secondary N) is 2. The molecule has 28 heavy (non-hydrogen) atoms. The molecule has 2 aromatic rings. The van der Waals surface area contributed by atoms with Crippen molar-refractivity contribution in [3.63, 3.8) is 0 Å². The highest BCUT2D eigenvalue weighted by atomic mass is 35.5. The third kappa shape index (κ3) is 4.69. The molecule has 1 amide bonds. The molecular weight excluding hydrogens is 388 g/mol. The average Bonchev–Trinajstić information content (AvgIpc) is 2.69. The summed E-state index contributed by atoms with van der Waals surface area (Å²) in [5.41, 5.74) is -0.223. The van der Waals surface area contributed by atoms with Crippen LogP contribution in [0, 0.1) is 21.4 Å². The van der Waals surface area contributed by atoms with Crippen molar-refractivity contribution in [2.24, 2.45) is 0 Å². The van der Waals surface area contributed by atoms with E-state index in [4.69, 9.17) is 21.1 Å². The first-order valence-electron chi connectivity index (χ1n) is 7.74. The molecule has 0 aliphatic carbocycles. The predicted molar refractivity (Wildman–Crippen MR) is 104 cm³/mol. The number of nitrogens with zero attached hydrogens (tertiary/aromatic N) is 2. The van der Waals surface area contributed by atoms with E-state index in [1.807, 2.05) is 0 Å². The van der Waals surface area contributed by atoms with Crippen LogP contribution in [0.25, 0.3) is 0 Å². The van der Waals surface area contributed by atoms with E-state index in [9.17, 15) is 20.2 Å². The van der Waals surface area contributed by atoms with Gasteiger partial charge in [0.25, 0.3) is 11.6 Å². The summed E-state index contributed by atoms with van der Waals surface area (Å²) in [6, 6.07) is 10.4. The Labute approximate surface area is 165 Å². The van der Waals surface area contributed by atoms with Crippen LogP contribution in [-0.2, 0) is 4.79 Å². The number of nitriles is 1. The second-order valence-corrected chi connectivity index (χ2v) is 5.64. The maximum absolute atomic E-state index is 12.3. The van der Waals surface area contributed by atoms with Crippen LogP contribution in [0.1, 0.15) is 0 Å². The molecular formula is C18H15ClN4O5. The highest BCUT2D eigenvalue weighted by Crippen LogP contribution is 2.36. The number of carbonyl (C=O) groups excluding carboxylic acids is 1. The summed E-state index contributed by atoms with van der Waals surface area (Å²) in [4.78, 5) is 22.7. The second kappa shape index (κ2) is 9.25. The van der Waals surface area contributed by atoms with Crippen LogP contribution in [0.5, 0.6) is 11.5 Å². The van der Waals surface area contributed by atoms with Crippen molar-refractivity contribution >= 4 is 34.6 Å². The zero-order valence-electron chi connectivity index (χ0n) is 14.9. The fourth-order valence-corrected chi connectivity index (χ4v) is 2.43. The van der Waals surface area contributed by atoms with Gasteiger partial charge in [-0.1, -0.05) is 23.7 Å². The van der Waals surface area contributed by atoms with E-state index in [1.54, 1.807) is 6.07 Å². The summed E-state index contributed by atoms with van der Waals surface area (Å²) in [6.45, 7) is 0. The minimum Gasteiger partial charge on any atom is -0.495 e. The van der Waals surface area contributed by atoms with Crippen LogP contribution >= 0.6 is 11.6 Å². The van der Waals surface area contributed by atoms with Crippen molar-refractivity contribution in [2.45, 2.75) is 0 Å². The Kier molecular flexibility index (Phi) is 6.79. The number of hydrogen-bond acceptors (Lipinski definition) is 7. The van der Waals surface area contributed by atoms with Gasteiger partial charge in [-0.2, -0.15) is 5.26 Å². The minimum absolute atomic E-state index is 0.0237. The number of carbonyl (C=O) groups is 1. The first-order valence-corrected chi connectivity index (χ1v) is 8.12. The third-order valence-corrected chi connectivity index (χ3v) is 3.86. The number of ether oxygens (including phenoxy) is 2. The van der Waals surface area contributed by atoms with E-state index in [0.29, 0.717) is 22.2 Å². The molecule has 10 heteroatoms. The van der Waals surface area contributed by atoms with Crippen LogP contribution in [-0.4, -0.2) is 25.1 Å². The molecule has 0 aromatic heterocycles. The largest absolute Gasteiger partial charge is 0.495 e. The molecule has 0 atom stereocenters. The van der Waals surface area contributed by atoms with Gasteiger partial charge in [-0.3, -0.25) is 14.9 Å². The number of halogens is 1. The van der Waals surface area contributed by atoms with Crippen molar-refractivity contribution in [3.05, 3.63) is 63.3 Å². The van der Waals surface area contributed by atoms with E-state index in [0.717, 1.165) is 6.20 Å². The molecule has 9 nitrogen and oxygen atoms in total. The number of nitro groups is 1. The van der Waals surface area contributed by atoms with E-state index in [-0.39, 0.29) is 16.9 Å². The fraction of sp³-hybridized carbons (Fsp3) is 0.111. The van der Waals surface area contributed by atoms with Crippen molar-refractivity contribution in [2.75, 3.05) is 24.9 Å². The van der Waals surface area contributed by atoms with Crippen molar-refractivity contribution in [3.8, 4) is 17.6 Å². The van der Waals surface area contributed by atoms with Gasteiger partial charge in [0.2, 0.25) is 0 Å². The molecule has 0 aliphatic heterocycles. The number of amides is 1. The number of methoxy groups -OCH3 is 2. The lowest BCUT2D eigenvalue weighted by Gasteiger charge is -2.12. The van der Waals surface area contributed by atoms with Crippen LogP contribution in [0.15, 0.2) is 48.2 Å². The summed E-state index contributed by atoms with van der Waals surface area (Å²) in [5.74, 6) is -0.0936. The topological polar surface area (TPSA) is 127 Å². The lowest BCUT2D eigenvalue weighted by Crippen LogP contribution is -2.15. The Morgan fingerprint density at radius 2 is 1.89 bits per heavy atom. The normalized spacial score (nSPS) is 10.6. The minimum atomic E-state index is -0.816. The number of nitro benzene ring substituents is 1. The average molecular weight is 403 g/mol. The van der Waals surface area contributed by atoms with Gasteiger partial charge in [-0.25, -0.2) is 0 Å². The first kappa shape index (κ1) is 20.5. The van der Waals surface area contributed by atoms with Crippen molar-refractivity contribution < 1.29 is 19.2 Å². The van der Waals surface area contributed by atoms with Gasteiger partial charge in [0.15, 0.2) is 0 Å². The number of hydrogen-bond donors (Lipinski definition) is 2. The number of rotatable bonds is 7. The van der Waals surface area contributed by atoms with Gasteiger partial charge in [0.05, 0.1) is 29.9 Å². The molecule has 2 rings (SSSR count). The van der Waals surface area contributed by atoms with Gasteiger partial charge in [0, 0.05) is 24.4 Å². The molecule has 0 spiro atoms. The van der Waals surface area contributed by atoms with Crippen LogP contribution in [0.3, 0.4) is 0 Å². The molecule has 144 valence electrons. The predicted octanol–water partition coefficient (Wildman–Crippen LogP) is 3.72. The third-order valence-electron chi connectivity index (χ3n) is 3.56. The van der Waals surface area contributed by atoms with E-state index < -0.39 is 10.8 Å². The summed E-state index contributed by atoms with van der Waals surface area (Å²) < 4.78 is 10.3. The quantitative estimate of drug-likeness (QED) is 0.312. The van der Waals surface area contributed by atoms with Gasteiger partial charge >= 0.3 is 0 Å². The highest BCUT2D eigenvalue weighted by Gasteiger charge is 2.17. The van der Waals surface area contributed by atoms with Crippen molar-refractivity contribution in [1.82, 2.24) is 0 Å². The van der Waals surface area contributed by atoms with Crippen LogP contribution < -0.4 is 20.1 Å². The molecule has 0 saturated carbocycles. The summed E-state index contributed by atoms with van der Waals surface area (Å²) in [7, 11) is 2.87. The van der Waals surface area contributed by atoms with E-state index >= 15 is 0 Å². The first-order chi connectivity index (χ1) is 13.4. The molecule has 0 fully saturated rings. The molecule has 0 bridgehead atoms. The number of anilines is 2. The monoisotopic (exact) mass is 402 g/mol. The zero-order chi connectivity index (χ0) is 20.7. The molecule has 0 unspecified atom stereocenters.